The van der Waals surface area contributed by atoms with Gasteiger partial charge < -0.3 is 23.8 Å². The first-order valence-electron chi connectivity index (χ1n) is 25.2. The minimum Gasteiger partial charge on any atom is -0.477 e. The van der Waals surface area contributed by atoms with Crippen LogP contribution in [0.3, 0.4) is 0 Å². The topological polar surface area (TPSA) is 99.1 Å². The van der Waals surface area contributed by atoms with E-state index in [2.05, 4.69) is 38.2 Å². The van der Waals surface area contributed by atoms with Crippen LogP contribution in [0.15, 0.2) is 48.6 Å². The monoisotopic (exact) mass is 859 g/mol. The Hall–Kier alpha value is -2.71. The highest BCUT2D eigenvalue weighted by Crippen LogP contribution is 2.16. The van der Waals surface area contributed by atoms with Crippen molar-refractivity contribution in [1.82, 2.24) is 0 Å². The Bertz CT molecular complexity index is 1140. The lowest BCUT2D eigenvalue weighted by atomic mass is 10.0. The Morgan fingerprint density at radius 1 is 0.508 bits per heavy atom. The van der Waals surface area contributed by atoms with Gasteiger partial charge in [0.15, 0.2) is 12.1 Å². The highest BCUT2D eigenvalue weighted by atomic mass is 16.6. The Balaban J connectivity index is 4.23. The van der Waals surface area contributed by atoms with Crippen molar-refractivity contribution in [2.75, 3.05) is 41.0 Å². The van der Waals surface area contributed by atoms with Crippen LogP contribution in [0, 0.1) is 0 Å². The number of carbonyl (C=O) groups excluding carboxylic acids is 2. The SMILES string of the molecule is CC/C=C/C=C/C=C/C=C/CCCCCCCC(=O)OCC(COCCC(C(=O)O)[N+](C)(C)C)OC(=O)CCCCCCCCCCCCCCCCCCCCCCCC. The molecule has 1 N–H and O–H groups in total. The van der Waals surface area contributed by atoms with E-state index in [9.17, 15) is 19.5 Å². The maximum atomic E-state index is 12.8. The second-order valence-electron chi connectivity index (χ2n) is 18.1. The van der Waals surface area contributed by atoms with E-state index in [-0.39, 0.29) is 36.2 Å². The summed E-state index contributed by atoms with van der Waals surface area (Å²) in [5.74, 6) is -1.49. The highest BCUT2D eigenvalue weighted by molar-refractivity contribution is 5.72. The number of ether oxygens (including phenoxy) is 3. The number of hydrogen-bond donors (Lipinski definition) is 1. The molecule has 61 heavy (non-hydrogen) atoms. The predicted octanol–water partition coefficient (Wildman–Crippen LogP) is 14.4. The van der Waals surface area contributed by atoms with Crippen molar-refractivity contribution in [3.8, 4) is 0 Å². The van der Waals surface area contributed by atoms with Crippen LogP contribution in [0.2, 0.25) is 0 Å². The number of unbranched alkanes of at least 4 members (excludes halogenated alkanes) is 26. The summed E-state index contributed by atoms with van der Waals surface area (Å²) in [6, 6.07) is -0.619. The minimum absolute atomic E-state index is 0.0547. The number of nitrogens with zero attached hydrogens (tertiary/aromatic N) is 1. The number of quaternary nitrogens is 1. The third-order valence-corrected chi connectivity index (χ3v) is 11.3. The summed E-state index contributed by atoms with van der Waals surface area (Å²) in [5.41, 5.74) is 0. The maximum absolute atomic E-state index is 12.8. The smallest absolute Gasteiger partial charge is 0.362 e. The Labute approximate surface area is 376 Å². The summed E-state index contributed by atoms with van der Waals surface area (Å²) in [5, 5.41) is 9.64. The molecule has 8 nitrogen and oxygen atoms in total. The molecule has 0 rings (SSSR count). The van der Waals surface area contributed by atoms with Crippen LogP contribution >= 0.6 is 0 Å². The number of esters is 2. The van der Waals surface area contributed by atoms with Gasteiger partial charge >= 0.3 is 17.9 Å². The molecule has 0 aromatic heterocycles. The van der Waals surface area contributed by atoms with E-state index in [0.717, 1.165) is 64.2 Å². The van der Waals surface area contributed by atoms with E-state index in [1.165, 1.54) is 122 Å². The van der Waals surface area contributed by atoms with Gasteiger partial charge in [-0.1, -0.05) is 217 Å². The molecule has 0 saturated heterocycles. The van der Waals surface area contributed by atoms with Crippen LogP contribution in [0.4, 0.5) is 0 Å². The number of allylic oxidation sites excluding steroid dienone is 8. The number of carboxylic acid groups (broad SMARTS) is 1. The van der Waals surface area contributed by atoms with Crippen LogP contribution in [0.25, 0.3) is 0 Å². The van der Waals surface area contributed by atoms with Crippen molar-refractivity contribution in [2.45, 2.75) is 231 Å². The van der Waals surface area contributed by atoms with Crippen molar-refractivity contribution < 1.29 is 38.2 Å². The summed E-state index contributed by atoms with van der Waals surface area (Å²) in [6.45, 7) is 4.60. The fourth-order valence-electron chi connectivity index (χ4n) is 7.46. The van der Waals surface area contributed by atoms with Crippen LogP contribution in [-0.4, -0.2) is 80.6 Å². The van der Waals surface area contributed by atoms with E-state index in [4.69, 9.17) is 14.2 Å². The molecule has 0 aliphatic rings. The molecule has 0 bridgehead atoms. The van der Waals surface area contributed by atoms with Gasteiger partial charge in [0.05, 0.1) is 34.4 Å². The molecule has 0 aliphatic heterocycles. The number of carboxylic acids is 1. The van der Waals surface area contributed by atoms with Crippen molar-refractivity contribution in [3.05, 3.63) is 48.6 Å². The molecule has 0 aliphatic carbocycles. The number of aliphatic carboxylic acids is 1. The molecule has 2 unspecified atom stereocenters. The molecule has 0 aromatic rings. The molecule has 2 atom stereocenters. The van der Waals surface area contributed by atoms with Gasteiger partial charge in [0, 0.05) is 19.3 Å². The highest BCUT2D eigenvalue weighted by Gasteiger charge is 2.31. The summed E-state index contributed by atoms with van der Waals surface area (Å²) in [4.78, 5) is 37.1. The second kappa shape index (κ2) is 43.9. The van der Waals surface area contributed by atoms with E-state index < -0.39 is 18.1 Å². The zero-order valence-electron chi connectivity index (χ0n) is 40.4. The van der Waals surface area contributed by atoms with Crippen LogP contribution < -0.4 is 0 Å². The lowest BCUT2D eigenvalue weighted by molar-refractivity contribution is -0.887. The Morgan fingerprint density at radius 3 is 1.36 bits per heavy atom. The second-order valence-corrected chi connectivity index (χ2v) is 18.1. The Morgan fingerprint density at radius 2 is 0.918 bits per heavy atom. The standard InChI is InChI=1S/C53H95NO7/c1-6-8-10-12-14-16-18-20-22-23-24-25-26-27-28-30-32-34-36-38-40-42-44-52(56)61-49(47-59-46-45-50(53(57)58)54(3,4)5)48-60-51(55)43-41-39-37-35-33-31-29-21-19-17-15-13-11-9-7-2/h9,11,13,15,17,19,21,29,49-50H,6-8,10,12,14,16,18,20,22-28,30-48H2,1-5H3/p+1/b11-9+,15-13+,19-17+,29-21+. The Kier molecular flexibility index (Phi) is 42.0. The molecule has 8 heteroatoms. The summed E-state index contributed by atoms with van der Waals surface area (Å²) in [6.07, 6.45) is 53.1. The molecule has 0 heterocycles. The molecule has 0 fully saturated rings. The van der Waals surface area contributed by atoms with Gasteiger partial charge in [-0.15, -0.1) is 0 Å². The van der Waals surface area contributed by atoms with E-state index >= 15 is 0 Å². The first-order valence-corrected chi connectivity index (χ1v) is 25.2. The molecule has 354 valence electrons. The normalized spacial score (nSPS) is 13.3. The van der Waals surface area contributed by atoms with Crippen molar-refractivity contribution >= 4 is 17.9 Å². The van der Waals surface area contributed by atoms with Crippen molar-refractivity contribution in [3.63, 3.8) is 0 Å². The van der Waals surface area contributed by atoms with Gasteiger partial charge in [-0.25, -0.2) is 4.79 Å². The third kappa shape index (κ3) is 42.4. The maximum Gasteiger partial charge on any atom is 0.362 e. The molecular formula is C53H96NO7+. The molecule has 0 spiro atoms. The lowest BCUT2D eigenvalue weighted by Crippen LogP contribution is -2.50. The number of carbonyl (C=O) groups is 3. The van der Waals surface area contributed by atoms with E-state index in [1.54, 1.807) is 0 Å². The van der Waals surface area contributed by atoms with Gasteiger partial charge in [-0.2, -0.15) is 0 Å². The van der Waals surface area contributed by atoms with Gasteiger partial charge in [0.1, 0.15) is 6.61 Å². The molecule has 0 saturated carbocycles. The van der Waals surface area contributed by atoms with Crippen LogP contribution in [0.1, 0.15) is 219 Å². The van der Waals surface area contributed by atoms with Crippen LogP contribution in [0.5, 0.6) is 0 Å². The fourth-order valence-corrected chi connectivity index (χ4v) is 7.46. The summed E-state index contributed by atoms with van der Waals surface area (Å²) < 4.78 is 17.3. The number of likely N-dealkylation sites (N-methyl/N-ethyl adjacent to an activating group) is 1. The van der Waals surface area contributed by atoms with Gasteiger partial charge in [-0.3, -0.25) is 9.59 Å². The average molecular weight is 859 g/mol. The summed E-state index contributed by atoms with van der Waals surface area (Å²) >= 11 is 0. The van der Waals surface area contributed by atoms with Crippen molar-refractivity contribution in [1.29, 1.82) is 0 Å². The van der Waals surface area contributed by atoms with Gasteiger partial charge in [0.25, 0.3) is 0 Å². The number of rotatable bonds is 45. The molecule has 0 aromatic carbocycles. The minimum atomic E-state index is -0.877. The molecule has 0 amide bonds. The summed E-state index contributed by atoms with van der Waals surface area (Å²) in [7, 11) is 5.53. The van der Waals surface area contributed by atoms with Gasteiger partial charge in [-0.05, 0) is 32.1 Å². The van der Waals surface area contributed by atoms with Gasteiger partial charge in [0.2, 0.25) is 0 Å². The lowest BCUT2D eigenvalue weighted by Gasteiger charge is -2.31. The molecule has 0 radical (unpaired) electrons. The number of hydrogen-bond acceptors (Lipinski definition) is 6. The van der Waals surface area contributed by atoms with Crippen LogP contribution in [-0.2, 0) is 28.6 Å². The largest absolute Gasteiger partial charge is 0.477 e. The van der Waals surface area contributed by atoms with Crippen molar-refractivity contribution in [2.24, 2.45) is 0 Å². The molecular weight excluding hydrogens is 763 g/mol. The first-order chi connectivity index (χ1) is 29.6. The zero-order valence-corrected chi connectivity index (χ0v) is 40.4. The third-order valence-electron chi connectivity index (χ3n) is 11.3. The fraction of sp³-hybridized carbons (Fsp3) is 0.792. The quantitative estimate of drug-likeness (QED) is 0.0282. The first kappa shape index (κ1) is 58.3. The van der Waals surface area contributed by atoms with E-state index in [0.29, 0.717) is 19.3 Å². The predicted molar refractivity (Wildman–Crippen MR) is 257 cm³/mol. The zero-order chi connectivity index (χ0) is 44.9. The average Bonchev–Trinajstić information content (AvgIpc) is 3.22. The van der Waals surface area contributed by atoms with E-state index in [1.807, 2.05) is 45.4 Å².